The van der Waals surface area contributed by atoms with E-state index in [9.17, 15) is 9.90 Å². The Balaban J connectivity index is 2.04. The minimum absolute atomic E-state index is 0.523. The molecule has 1 aliphatic rings. The number of nitrogens with zero attached hydrogens (tertiary/aromatic N) is 3. The number of aryl methyl sites for hydroxylation is 1. The number of carboxylic acid groups (broad SMARTS) is 1. The summed E-state index contributed by atoms with van der Waals surface area (Å²) < 4.78 is 4.17. The Labute approximate surface area is 111 Å². The molecule has 1 N–H and O–H groups in total. The Morgan fingerprint density at radius 3 is 2.61 bits per heavy atom. The van der Waals surface area contributed by atoms with Gasteiger partial charge in [-0.25, -0.2) is 4.98 Å². The molecule has 1 saturated heterocycles. The first kappa shape index (κ1) is 13.3. The third-order valence-corrected chi connectivity index (χ3v) is 4.56. The summed E-state index contributed by atoms with van der Waals surface area (Å²) >= 11 is 1.40. The van der Waals surface area contributed by atoms with Crippen LogP contribution < -0.4 is 4.90 Å². The van der Waals surface area contributed by atoms with Crippen LogP contribution in [0.25, 0.3) is 0 Å². The van der Waals surface area contributed by atoms with Crippen LogP contribution in [-0.2, 0) is 4.79 Å². The van der Waals surface area contributed by atoms with E-state index < -0.39 is 11.4 Å². The van der Waals surface area contributed by atoms with E-state index >= 15 is 0 Å². The topological polar surface area (TPSA) is 66.3 Å². The van der Waals surface area contributed by atoms with Crippen molar-refractivity contribution in [2.24, 2.45) is 5.41 Å². The maximum Gasteiger partial charge on any atom is 0.309 e. The molecule has 1 fully saturated rings. The third-order valence-electron chi connectivity index (χ3n) is 3.69. The van der Waals surface area contributed by atoms with Crippen LogP contribution in [0.3, 0.4) is 0 Å². The molecule has 0 spiro atoms. The summed E-state index contributed by atoms with van der Waals surface area (Å²) in [6, 6.07) is 0. The van der Waals surface area contributed by atoms with Crippen molar-refractivity contribution >= 4 is 22.6 Å². The van der Waals surface area contributed by atoms with E-state index in [1.165, 1.54) is 11.5 Å². The molecule has 0 unspecified atom stereocenters. The number of hydrogen-bond donors (Lipinski definition) is 1. The monoisotopic (exact) mass is 269 g/mol. The average molecular weight is 269 g/mol. The van der Waals surface area contributed by atoms with E-state index in [0.29, 0.717) is 12.8 Å². The number of carbonyl (C=O) groups is 1. The second-order valence-corrected chi connectivity index (χ2v) is 5.68. The molecule has 0 atom stereocenters. The van der Waals surface area contributed by atoms with Gasteiger partial charge in [-0.15, -0.1) is 0 Å². The zero-order valence-electron chi connectivity index (χ0n) is 10.8. The van der Waals surface area contributed by atoms with Crippen molar-refractivity contribution in [3.63, 3.8) is 0 Å². The summed E-state index contributed by atoms with van der Waals surface area (Å²) in [5.41, 5.74) is -0.523. The summed E-state index contributed by atoms with van der Waals surface area (Å²) in [6.45, 7) is 5.45. The predicted octanol–water partition coefficient (Wildman–Crippen LogP) is 2.32. The van der Waals surface area contributed by atoms with E-state index in [4.69, 9.17) is 0 Å². The number of aliphatic carboxylic acids is 1. The fourth-order valence-electron chi connectivity index (χ4n) is 2.59. The van der Waals surface area contributed by atoms with Crippen LogP contribution in [0.15, 0.2) is 0 Å². The molecule has 100 valence electrons. The molecule has 1 aliphatic heterocycles. The number of rotatable bonds is 4. The van der Waals surface area contributed by atoms with Crippen molar-refractivity contribution in [3.8, 4) is 0 Å². The fourth-order valence-corrected chi connectivity index (χ4v) is 3.32. The van der Waals surface area contributed by atoms with E-state index in [2.05, 4.69) is 14.3 Å². The number of hydrogen-bond acceptors (Lipinski definition) is 5. The molecular formula is C12H19N3O2S. The van der Waals surface area contributed by atoms with E-state index in [-0.39, 0.29) is 0 Å². The van der Waals surface area contributed by atoms with Crippen molar-refractivity contribution in [2.75, 3.05) is 18.0 Å². The summed E-state index contributed by atoms with van der Waals surface area (Å²) in [6.07, 6.45) is 3.10. The van der Waals surface area contributed by atoms with E-state index in [1.807, 2.05) is 13.8 Å². The van der Waals surface area contributed by atoms with Gasteiger partial charge in [-0.3, -0.25) is 4.79 Å². The van der Waals surface area contributed by atoms with Gasteiger partial charge < -0.3 is 10.0 Å². The van der Waals surface area contributed by atoms with Crippen molar-refractivity contribution in [3.05, 3.63) is 5.82 Å². The van der Waals surface area contributed by atoms with Crippen molar-refractivity contribution < 1.29 is 9.90 Å². The zero-order valence-corrected chi connectivity index (χ0v) is 11.7. The highest BCUT2D eigenvalue weighted by Gasteiger charge is 2.41. The SMILES string of the molecule is CCCC1(C(=O)O)CCN(c2nc(C)ns2)CC1. The van der Waals surface area contributed by atoms with Crippen LogP contribution >= 0.6 is 11.5 Å². The first-order valence-electron chi connectivity index (χ1n) is 6.36. The lowest BCUT2D eigenvalue weighted by molar-refractivity contribution is -0.150. The highest BCUT2D eigenvalue weighted by Crippen LogP contribution is 2.38. The maximum atomic E-state index is 11.5. The van der Waals surface area contributed by atoms with Gasteiger partial charge in [-0.05, 0) is 26.2 Å². The highest BCUT2D eigenvalue weighted by atomic mass is 32.1. The highest BCUT2D eigenvalue weighted by molar-refractivity contribution is 7.09. The van der Waals surface area contributed by atoms with Gasteiger partial charge in [-0.2, -0.15) is 4.37 Å². The average Bonchev–Trinajstić information content (AvgIpc) is 2.77. The number of anilines is 1. The van der Waals surface area contributed by atoms with Gasteiger partial charge in [-0.1, -0.05) is 13.3 Å². The molecule has 0 saturated carbocycles. The Morgan fingerprint density at radius 1 is 1.50 bits per heavy atom. The molecule has 6 heteroatoms. The largest absolute Gasteiger partial charge is 0.481 e. The van der Waals surface area contributed by atoms with Gasteiger partial charge in [0.15, 0.2) is 0 Å². The molecule has 2 rings (SSSR count). The van der Waals surface area contributed by atoms with Gasteiger partial charge in [0.25, 0.3) is 0 Å². The first-order chi connectivity index (χ1) is 8.57. The second-order valence-electron chi connectivity index (χ2n) is 4.95. The molecular weight excluding hydrogens is 250 g/mol. The molecule has 1 aromatic rings. The fraction of sp³-hybridized carbons (Fsp3) is 0.750. The first-order valence-corrected chi connectivity index (χ1v) is 7.13. The summed E-state index contributed by atoms with van der Waals surface area (Å²) in [4.78, 5) is 18.0. The standard InChI is InChI=1S/C12H19N3O2S/c1-3-4-12(10(16)17)5-7-15(8-6-12)11-13-9(2)14-18-11/h3-8H2,1-2H3,(H,16,17). The molecule has 18 heavy (non-hydrogen) atoms. The van der Waals surface area contributed by atoms with Crippen LogP contribution in [0.2, 0.25) is 0 Å². The molecule has 0 radical (unpaired) electrons. The molecule has 0 amide bonds. The molecule has 0 aliphatic carbocycles. The van der Waals surface area contributed by atoms with Crippen LogP contribution in [-0.4, -0.2) is 33.5 Å². The Morgan fingerprint density at radius 2 is 2.17 bits per heavy atom. The lowest BCUT2D eigenvalue weighted by Crippen LogP contribution is -2.44. The van der Waals surface area contributed by atoms with Crippen LogP contribution in [0.1, 0.15) is 38.4 Å². The minimum Gasteiger partial charge on any atom is -0.481 e. The second kappa shape index (κ2) is 5.22. The molecule has 2 heterocycles. The quantitative estimate of drug-likeness (QED) is 0.908. The minimum atomic E-state index is -0.641. The van der Waals surface area contributed by atoms with Crippen LogP contribution in [0, 0.1) is 12.3 Å². The summed E-state index contributed by atoms with van der Waals surface area (Å²) in [5.74, 6) is 0.149. The molecule has 1 aromatic heterocycles. The zero-order chi connectivity index (χ0) is 13.2. The number of piperidine rings is 1. The van der Waals surface area contributed by atoms with Gasteiger partial charge in [0.2, 0.25) is 5.13 Å². The van der Waals surface area contributed by atoms with E-state index in [1.54, 1.807) is 0 Å². The van der Waals surface area contributed by atoms with Crippen molar-refractivity contribution in [2.45, 2.75) is 39.5 Å². The summed E-state index contributed by atoms with van der Waals surface area (Å²) in [5, 5.41) is 10.4. The van der Waals surface area contributed by atoms with Crippen molar-refractivity contribution in [1.29, 1.82) is 0 Å². The Kier molecular flexibility index (Phi) is 3.85. The third kappa shape index (κ3) is 2.48. The predicted molar refractivity (Wildman–Crippen MR) is 71.1 cm³/mol. The Hall–Kier alpha value is -1.17. The number of carboxylic acids is 1. The van der Waals surface area contributed by atoms with Gasteiger partial charge in [0.05, 0.1) is 5.41 Å². The van der Waals surface area contributed by atoms with Gasteiger partial charge in [0, 0.05) is 24.6 Å². The molecule has 0 bridgehead atoms. The van der Waals surface area contributed by atoms with Crippen LogP contribution in [0.4, 0.5) is 5.13 Å². The van der Waals surface area contributed by atoms with E-state index in [0.717, 1.165) is 36.9 Å². The smallest absolute Gasteiger partial charge is 0.309 e. The normalized spacial score (nSPS) is 18.9. The molecule has 5 nitrogen and oxygen atoms in total. The van der Waals surface area contributed by atoms with Gasteiger partial charge in [0.1, 0.15) is 5.82 Å². The maximum absolute atomic E-state index is 11.5. The molecule has 0 aromatic carbocycles. The lowest BCUT2D eigenvalue weighted by Gasteiger charge is -2.38. The Bertz CT molecular complexity index is 425. The number of aromatic nitrogens is 2. The van der Waals surface area contributed by atoms with Gasteiger partial charge >= 0.3 is 5.97 Å². The van der Waals surface area contributed by atoms with Crippen molar-refractivity contribution in [1.82, 2.24) is 9.36 Å². The summed E-state index contributed by atoms with van der Waals surface area (Å²) in [7, 11) is 0. The van der Waals surface area contributed by atoms with Crippen LogP contribution in [0.5, 0.6) is 0 Å². The lowest BCUT2D eigenvalue weighted by atomic mass is 9.75.